The fourth-order valence-corrected chi connectivity index (χ4v) is 1.44. The van der Waals surface area contributed by atoms with Gasteiger partial charge in [0.05, 0.1) is 12.1 Å². The topological polar surface area (TPSA) is 47.6 Å². The number of carbonyl (C=O) groups excluding carboxylic acids is 1. The van der Waals surface area contributed by atoms with E-state index in [1.807, 2.05) is 6.92 Å². The fourth-order valence-electron chi connectivity index (χ4n) is 1.24. The van der Waals surface area contributed by atoms with Crippen LogP contribution in [0, 0.1) is 0 Å². The lowest BCUT2D eigenvalue weighted by molar-refractivity contribution is -0.120. The van der Waals surface area contributed by atoms with Gasteiger partial charge in [-0.3, -0.25) is 4.79 Å². The summed E-state index contributed by atoms with van der Waals surface area (Å²) >= 11 is 5.87. The molecule has 0 bridgehead atoms. The second-order valence-corrected chi connectivity index (χ2v) is 3.86. The second-order valence-electron chi connectivity index (χ2n) is 3.45. The van der Waals surface area contributed by atoms with Gasteiger partial charge in [-0.1, -0.05) is 18.5 Å². The first-order valence-electron chi connectivity index (χ1n) is 5.38. The van der Waals surface area contributed by atoms with Crippen molar-refractivity contribution in [1.29, 1.82) is 0 Å². The van der Waals surface area contributed by atoms with Crippen molar-refractivity contribution in [2.75, 3.05) is 25.6 Å². The van der Waals surface area contributed by atoms with Gasteiger partial charge in [-0.05, 0) is 18.6 Å². The summed E-state index contributed by atoms with van der Waals surface area (Å²) in [4.78, 5) is 11.5. The highest BCUT2D eigenvalue weighted by Gasteiger charge is 2.05. The maximum absolute atomic E-state index is 11.5. The lowest BCUT2D eigenvalue weighted by Gasteiger charge is -2.08. The second kappa shape index (κ2) is 7.14. The number of halogens is 1. The zero-order chi connectivity index (χ0) is 12.7. The van der Waals surface area contributed by atoms with Gasteiger partial charge in [0.2, 0.25) is 5.91 Å². The molecule has 0 saturated carbocycles. The summed E-state index contributed by atoms with van der Waals surface area (Å²) in [6.45, 7) is 2.62. The van der Waals surface area contributed by atoms with Gasteiger partial charge in [0.1, 0.15) is 12.4 Å². The Hall–Kier alpha value is -1.26. The third kappa shape index (κ3) is 4.63. The maximum Gasteiger partial charge on any atom is 0.250 e. The van der Waals surface area contributed by atoms with E-state index >= 15 is 0 Å². The Morgan fingerprint density at radius 2 is 2.24 bits per heavy atom. The van der Waals surface area contributed by atoms with E-state index in [9.17, 15) is 4.79 Å². The molecule has 0 aliphatic carbocycles. The Bertz CT molecular complexity index is 382. The molecule has 1 amide bonds. The lowest BCUT2D eigenvalue weighted by Crippen LogP contribution is -2.18. The van der Waals surface area contributed by atoms with Crippen LogP contribution in [0.2, 0.25) is 5.02 Å². The maximum atomic E-state index is 11.5. The summed E-state index contributed by atoms with van der Waals surface area (Å²) in [6.07, 6.45) is 0.891. The van der Waals surface area contributed by atoms with Crippen LogP contribution in [0.4, 0.5) is 5.69 Å². The molecule has 0 radical (unpaired) electrons. The number of methoxy groups -OCH3 is 1. The van der Waals surface area contributed by atoms with Crippen LogP contribution in [0.5, 0.6) is 5.75 Å². The first-order chi connectivity index (χ1) is 8.17. The van der Waals surface area contributed by atoms with E-state index in [1.54, 1.807) is 18.2 Å². The van der Waals surface area contributed by atoms with Gasteiger partial charge in [-0.25, -0.2) is 0 Å². The molecule has 0 saturated heterocycles. The molecule has 17 heavy (non-hydrogen) atoms. The predicted molar refractivity (Wildman–Crippen MR) is 67.7 cm³/mol. The molecule has 94 valence electrons. The fraction of sp³-hybridized carbons (Fsp3) is 0.417. The molecule has 4 nitrogen and oxygen atoms in total. The van der Waals surface area contributed by atoms with Crippen molar-refractivity contribution in [2.24, 2.45) is 0 Å². The smallest absolute Gasteiger partial charge is 0.250 e. The molecule has 1 aromatic rings. The SMILES string of the molecule is CCCOCC(=O)Nc1ccc(Cl)c(OC)c1. The number of amides is 1. The van der Waals surface area contributed by atoms with Crippen LogP contribution in [-0.2, 0) is 9.53 Å². The highest BCUT2D eigenvalue weighted by molar-refractivity contribution is 6.32. The number of anilines is 1. The standard InChI is InChI=1S/C12H16ClNO3/c1-3-6-17-8-12(15)14-9-4-5-10(13)11(7-9)16-2/h4-5,7H,3,6,8H2,1-2H3,(H,14,15). The number of benzene rings is 1. The van der Waals surface area contributed by atoms with Gasteiger partial charge in [0.25, 0.3) is 0 Å². The highest BCUT2D eigenvalue weighted by atomic mass is 35.5. The monoisotopic (exact) mass is 257 g/mol. The Balaban J connectivity index is 2.53. The first kappa shape index (κ1) is 13.8. The molecule has 0 fully saturated rings. The van der Waals surface area contributed by atoms with E-state index in [0.717, 1.165) is 6.42 Å². The number of rotatable bonds is 6. The number of nitrogens with one attached hydrogen (secondary N) is 1. The van der Waals surface area contributed by atoms with Crippen molar-refractivity contribution in [3.8, 4) is 5.75 Å². The van der Waals surface area contributed by atoms with Crippen molar-refractivity contribution in [2.45, 2.75) is 13.3 Å². The van der Waals surface area contributed by atoms with Gasteiger partial charge in [0, 0.05) is 18.4 Å². The molecule has 1 rings (SSSR count). The van der Waals surface area contributed by atoms with E-state index in [-0.39, 0.29) is 12.5 Å². The predicted octanol–water partition coefficient (Wildman–Crippen LogP) is 2.71. The summed E-state index contributed by atoms with van der Waals surface area (Å²) in [6, 6.07) is 5.05. The first-order valence-corrected chi connectivity index (χ1v) is 5.76. The molecule has 0 unspecified atom stereocenters. The van der Waals surface area contributed by atoms with Crippen LogP contribution in [0.15, 0.2) is 18.2 Å². The quantitative estimate of drug-likeness (QED) is 0.797. The van der Waals surface area contributed by atoms with Crippen LogP contribution < -0.4 is 10.1 Å². The minimum atomic E-state index is -0.192. The summed E-state index contributed by atoms with van der Waals surface area (Å²) in [5.41, 5.74) is 0.636. The summed E-state index contributed by atoms with van der Waals surface area (Å²) in [7, 11) is 1.52. The molecular weight excluding hydrogens is 242 g/mol. The third-order valence-corrected chi connectivity index (χ3v) is 2.33. The van der Waals surface area contributed by atoms with Gasteiger partial charge in [0.15, 0.2) is 0 Å². The van der Waals surface area contributed by atoms with Crippen LogP contribution >= 0.6 is 11.6 Å². The highest BCUT2D eigenvalue weighted by Crippen LogP contribution is 2.27. The summed E-state index contributed by atoms with van der Waals surface area (Å²) < 4.78 is 10.2. The Kier molecular flexibility index (Phi) is 5.80. The molecule has 5 heteroatoms. The minimum absolute atomic E-state index is 0.0543. The molecular formula is C12H16ClNO3. The molecule has 0 aliphatic rings. The lowest BCUT2D eigenvalue weighted by atomic mass is 10.3. The Morgan fingerprint density at radius 3 is 2.88 bits per heavy atom. The van der Waals surface area contributed by atoms with E-state index in [1.165, 1.54) is 7.11 Å². The van der Waals surface area contributed by atoms with Crippen LogP contribution in [0.1, 0.15) is 13.3 Å². The zero-order valence-corrected chi connectivity index (χ0v) is 10.7. The zero-order valence-electron chi connectivity index (χ0n) is 9.96. The molecule has 0 spiro atoms. The number of hydrogen-bond acceptors (Lipinski definition) is 3. The van der Waals surface area contributed by atoms with Crippen molar-refractivity contribution in [1.82, 2.24) is 0 Å². The Labute approximate surface area is 106 Å². The number of carbonyl (C=O) groups is 1. The molecule has 1 aromatic carbocycles. The van der Waals surface area contributed by atoms with Gasteiger partial charge >= 0.3 is 0 Å². The van der Waals surface area contributed by atoms with Crippen LogP contribution in [0.3, 0.4) is 0 Å². The number of hydrogen-bond donors (Lipinski definition) is 1. The molecule has 0 aliphatic heterocycles. The van der Waals surface area contributed by atoms with Crippen molar-refractivity contribution in [3.05, 3.63) is 23.2 Å². The number of ether oxygens (including phenoxy) is 2. The normalized spacial score (nSPS) is 10.1. The van der Waals surface area contributed by atoms with Crippen molar-refractivity contribution in [3.63, 3.8) is 0 Å². The average molecular weight is 258 g/mol. The van der Waals surface area contributed by atoms with Crippen LogP contribution in [0.25, 0.3) is 0 Å². The largest absolute Gasteiger partial charge is 0.495 e. The average Bonchev–Trinajstić information content (AvgIpc) is 2.32. The molecule has 0 aromatic heterocycles. The van der Waals surface area contributed by atoms with Crippen molar-refractivity contribution < 1.29 is 14.3 Å². The third-order valence-electron chi connectivity index (χ3n) is 2.02. The van der Waals surface area contributed by atoms with Gasteiger partial charge in [-0.2, -0.15) is 0 Å². The minimum Gasteiger partial charge on any atom is -0.495 e. The van der Waals surface area contributed by atoms with E-state index in [4.69, 9.17) is 21.1 Å². The summed E-state index contributed by atoms with van der Waals surface area (Å²) in [5, 5.41) is 3.21. The van der Waals surface area contributed by atoms with Gasteiger partial charge < -0.3 is 14.8 Å². The summed E-state index contributed by atoms with van der Waals surface area (Å²) in [5.74, 6) is 0.335. The molecule has 0 heterocycles. The van der Waals surface area contributed by atoms with E-state index < -0.39 is 0 Å². The molecule has 1 N–H and O–H groups in total. The van der Waals surface area contributed by atoms with Crippen LogP contribution in [-0.4, -0.2) is 26.2 Å². The van der Waals surface area contributed by atoms with E-state index in [0.29, 0.717) is 23.1 Å². The van der Waals surface area contributed by atoms with Gasteiger partial charge in [-0.15, -0.1) is 0 Å². The Morgan fingerprint density at radius 1 is 1.47 bits per heavy atom. The van der Waals surface area contributed by atoms with E-state index in [2.05, 4.69) is 5.32 Å². The van der Waals surface area contributed by atoms with Crippen molar-refractivity contribution >= 4 is 23.2 Å². The molecule has 0 atom stereocenters.